The molecule has 1 aliphatic carbocycles. The highest BCUT2D eigenvalue weighted by Crippen LogP contribution is 2.48. The quantitative estimate of drug-likeness (QED) is 0.277. The number of hydrogen-bond donors (Lipinski definition) is 1. The van der Waals surface area contributed by atoms with E-state index in [1.165, 1.54) is 0 Å². The van der Waals surface area contributed by atoms with Crippen LogP contribution in [0.4, 0.5) is 0 Å². The van der Waals surface area contributed by atoms with Crippen LogP contribution < -0.4 is 18.9 Å². The van der Waals surface area contributed by atoms with Crippen molar-refractivity contribution in [1.82, 2.24) is 9.88 Å². The van der Waals surface area contributed by atoms with Gasteiger partial charge < -0.3 is 29.0 Å². The molecule has 41 heavy (non-hydrogen) atoms. The lowest BCUT2D eigenvalue weighted by Crippen LogP contribution is -2.42. The third kappa shape index (κ3) is 6.88. The van der Waals surface area contributed by atoms with Crippen LogP contribution in [0.1, 0.15) is 51.0 Å². The van der Waals surface area contributed by atoms with Gasteiger partial charge in [-0.15, -0.1) is 0 Å². The van der Waals surface area contributed by atoms with E-state index < -0.39 is 5.60 Å². The van der Waals surface area contributed by atoms with Gasteiger partial charge in [0.2, 0.25) is 5.75 Å². The van der Waals surface area contributed by atoms with E-state index in [1.54, 1.807) is 18.3 Å². The second-order valence-corrected chi connectivity index (χ2v) is 12.1. The maximum Gasteiger partial charge on any atom is 0.204 e. The molecule has 2 aromatic carbocycles. The Bertz CT molecular complexity index is 1410. The molecule has 0 unspecified atom stereocenters. The van der Waals surface area contributed by atoms with Crippen LogP contribution in [0.3, 0.4) is 0 Å². The highest BCUT2D eigenvalue weighted by atomic mass is 35.5. The first-order valence-electron chi connectivity index (χ1n) is 14.6. The van der Waals surface area contributed by atoms with Crippen LogP contribution in [0, 0.1) is 5.92 Å². The van der Waals surface area contributed by atoms with Gasteiger partial charge in [0.15, 0.2) is 11.5 Å². The molecule has 6 rings (SSSR count). The van der Waals surface area contributed by atoms with E-state index in [0.29, 0.717) is 83.3 Å². The van der Waals surface area contributed by atoms with Crippen molar-refractivity contribution in [2.45, 2.75) is 57.5 Å². The fourth-order valence-electron chi connectivity index (χ4n) is 5.49. The number of carbonyl (C=O) groups is 1. The van der Waals surface area contributed by atoms with Gasteiger partial charge in [0.05, 0.1) is 23.1 Å². The van der Waals surface area contributed by atoms with Crippen molar-refractivity contribution in [3.8, 4) is 28.7 Å². The van der Waals surface area contributed by atoms with Crippen LogP contribution >= 0.6 is 11.6 Å². The number of fused-ring (bicyclic) bond motifs is 3. The van der Waals surface area contributed by atoms with Gasteiger partial charge in [0, 0.05) is 49.8 Å². The van der Waals surface area contributed by atoms with Crippen LogP contribution in [0.5, 0.6) is 28.7 Å². The number of carbonyl (C=O) groups excluding carboxylic acids is 1. The SMILES string of the molecule is CC1(O)CCN(CCCOc2cc3nccc(Oc4ccc(CC(=O)CC5CC5)c(Cl)c4)c3c3c2OCCO3)CC1. The van der Waals surface area contributed by atoms with Crippen molar-refractivity contribution in [1.29, 1.82) is 0 Å². The normalized spacial score (nSPS) is 18.3. The number of benzene rings is 2. The minimum atomic E-state index is -0.546. The summed E-state index contributed by atoms with van der Waals surface area (Å²) in [5.41, 5.74) is 0.940. The largest absolute Gasteiger partial charge is 0.489 e. The van der Waals surface area contributed by atoms with Crippen molar-refractivity contribution >= 4 is 28.3 Å². The average molecular weight is 581 g/mol. The summed E-state index contributed by atoms with van der Waals surface area (Å²) >= 11 is 6.55. The number of piperidine rings is 1. The summed E-state index contributed by atoms with van der Waals surface area (Å²) in [6, 6.07) is 9.10. The first-order valence-corrected chi connectivity index (χ1v) is 15.0. The third-order valence-electron chi connectivity index (χ3n) is 8.11. The number of Topliss-reactive ketones (excluding diaryl/α,β-unsaturated/α-hetero) is 1. The summed E-state index contributed by atoms with van der Waals surface area (Å²) in [4.78, 5) is 19.3. The van der Waals surface area contributed by atoms with E-state index in [2.05, 4.69) is 9.88 Å². The van der Waals surface area contributed by atoms with Gasteiger partial charge in [0.25, 0.3) is 0 Å². The fourth-order valence-corrected chi connectivity index (χ4v) is 5.72. The Labute approximate surface area is 245 Å². The smallest absolute Gasteiger partial charge is 0.204 e. The maximum atomic E-state index is 12.3. The van der Waals surface area contributed by atoms with Gasteiger partial charge >= 0.3 is 0 Å². The van der Waals surface area contributed by atoms with Gasteiger partial charge in [-0.1, -0.05) is 17.7 Å². The van der Waals surface area contributed by atoms with Crippen LogP contribution in [0.2, 0.25) is 5.02 Å². The van der Waals surface area contributed by atoms with E-state index in [-0.39, 0.29) is 5.78 Å². The zero-order chi connectivity index (χ0) is 28.4. The Balaban J connectivity index is 1.16. The number of ether oxygens (including phenoxy) is 4. The first kappa shape index (κ1) is 28.1. The number of likely N-dealkylation sites (tertiary alicyclic amines) is 1. The Morgan fingerprint density at radius 1 is 1.12 bits per heavy atom. The fraction of sp³-hybridized carbons (Fsp3) is 0.500. The number of aliphatic hydroxyl groups is 1. The molecule has 0 atom stereocenters. The molecule has 8 nitrogen and oxygen atoms in total. The Hall–Kier alpha value is -3.07. The van der Waals surface area contributed by atoms with Crippen LogP contribution in [-0.4, -0.2) is 65.8 Å². The van der Waals surface area contributed by atoms with Gasteiger partial charge in [-0.3, -0.25) is 9.78 Å². The van der Waals surface area contributed by atoms with E-state index in [4.69, 9.17) is 30.5 Å². The Kier molecular flexibility index (Phi) is 8.24. The summed E-state index contributed by atoms with van der Waals surface area (Å²) in [6.45, 7) is 5.98. The monoisotopic (exact) mass is 580 g/mol. The predicted molar refractivity (Wildman–Crippen MR) is 157 cm³/mol. The second kappa shape index (κ2) is 12.0. The van der Waals surface area contributed by atoms with Crippen molar-refractivity contribution < 1.29 is 28.8 Å². The van der Waals surface area contributed by atoms with Crippen LogP contribution in [-0.2, 0) is 11.2 Å². The van der Waals surface area contributed by atoms with Gasteiger partial charge in [-0.25, -0.2) is 0 Å². The number of halogens is 1. The molecular formula is C32H37ClN2O6. The number of pyridine rings is 1. The molecule has 0 bridgehead atoms. The Morgan fingerprint density at radius 3 is 2.66 bits per heavy atom. The third-order valence-corrected chi connectivity index (χ3v) is 8.46. The standard InChI is InChI=1S/C32H37ClN2O6/c1-32(37)8-12-35(13-9-32)11-2-14-38-28-20-26-29(31-30(28)39-15-16-40-31)27(7-10-34-26)41-24-6-5-22(25(33)19-24)18-23(36)17-21-3-4-21/h5-7,10,19-21,37H,2-4,8-9,11-18H2,1H3. The van der Waals surface area contributed by atoms with Crippen LogP contribution in [0.15, 0.2) is 36.5 Å². The lowest BCUT2D eigenvalue weighted by molar-refractivity contribution is -0.118. The first-order chi connectivity index (χ1) is 19.8. The van der Waals surface area contributed by atoms with E-state index in [9.17, 15) is 9.90 Å². The summed E-state index contributed by atoms with van der Waals surface area (Å²) < 4.78 is 24.6. The zero-order valence-corrected chi connectivity index (χ0v) is 24.3. The van der Waals surface area contributed by atoms with E-state index in [0.717, 1.165) is 57.3 Å². The molecule has 1 N–H and O–H groups in total. The topological polar surface area (TPSA) is 90.4 Å². The van der Waals surface area contributed by atoms with Gasteiger partial charge in [0.1, 0.15) is 30.5 Å². The minimum Gasteiger partial charge on any atom is -0.489 e. The van der Waals surface area contributed by atoms with E-state index in [1.807, 2.05) is 25.1 Å². The molecule has 2 fully saturated rings. The second-order valence-electron chi connectivity index (χ2n) is 11.7. The van der Waals surface area contributed by atoms with Gasteiger partial charge in [-0.2, -0.15) is 0 Å². The summed E-state index contributed by atoms with van der Waals surface area (Å²) in [7, 11) is 0. The lowest BCUT2D eigenvalue weighted by Gasteiger charge is -2.35. The summed E-state index contributed by atoms with van der Waals surface area (Å²) in [5.74, 6) is 3.62. The number of hydrogen-bond acceptors (Lipinski definition) is 8. The number of ketones is 1. The molecule has 1 saturated carbocycles. The molecule has 0 amide bonds. The zero-order valence-electron chi connectivity index (χ0n) is 23.5. The summed E-state index contributed by atoms with van der Waals surface area (Å²) in [6.07, 6.45) is 7.43. The lowest BCUT2D eigenvalue weighted by atomic mass is 9.94. The van der Waals surface area contributed by atoms with Crippen LogP contribution in [0.25, 0.3) is 10.9 Å². The molecule has 9 heteroatoms. The molecule has 3 aliphatic rings. The van der Waals surface area contributed by atoms with Crippen molar-refractivity contribution in [3.63, 3.8) is 0 Å². The molecule has 2 aliphatic heterocycles. The number of nitrogens with zero attached hydrogens (tertiary/aromatic N) is 2. The molecule has 0 spiro atoms. The van der Waals surface area contributed by atoms with Crippen molar-refractivity contribution in [3.05, 3.63) is 47.1 Å². The summed E-state index contributed by atoms with van der Waals surface area (Å²) in [5, 5.41) is 11.4. The maximum absolute atomic E-state index is 12.3. The molecule has 1 aromatic heterocycles. The molecule has 1 saturated heterocycles. The highest BCUT2D eigenvalue weighted by Gasteiger charge is 2.28. The highest BCUT2D eigenvalue weighted by molar-refractivity contribution is 6.31. The Morgan fingerprint density at radius 2 is 1.90 bits per heavy atom. The van der Waals surface area contributed by atoms with Crippen molar-refractivity contribution in [2.24, 2.45) is 5.92 Å². The molecule has 3 heterocycles. The molecule has 218 valence electrons. The van der Waals surface area contributed by atoms with E-state index >= 15 is 0 Å². The molecule has 0 radical (unpaired) electrons. The predicted octanol–water partition coefficient (Wildman–Crippen LogP) is 5.98. The van der Waals surface area contributed by atoms with Gasteiger partial charge in [-0.05, 0) is 68.7 Å². The molecular weight excluding hydrogens is 544 g/mol. The molecule has 3 aromatic rings. The van der Waals surface area contributed by atoms with Crippen molar-refractivity contribution in [2.75, 3.05) is 39.5 Å². The number of aromatic nitrogens is 1. The average Bonchev–Trinajstić information content (AvgIpc) is 3.77. The number of rotatable bonds is 11. The minimum absolute atomic E-state index is 0.228.